The molecule has 156 valence electrons. The van der Waals surface area contributed by atoms with Crippen LogP contribution in [0.5, 0.6) is 0 Å². The zero-order chi connectivity index (χ0) is 21.1. The summed E-state index contributed by atoms with van der Waals surface area (Å²) < 4.78 is 24.5. The first-order valence-corrected chi connectivity index (χ1v) is 10.1. The summed E-state index contributed by atoms with van der Waals surface area (Å²) in [5.41, 5.74) is 0.143. The molecule has 0 aromatic heterocycles. The maximum atomic E-state index is 14.2. The SMILES string of the molecule is COC(=O)c1cc(F)c(Br)c(N[C@@H](C)C2CCN(C(=O)OC(C)(C)C)CC2)c1. The van der Waals surface area contributed by atoms with Crippen molar-refractivity contribution in [3.8, 4) is 0 Å². The lowest BCUT2D eigenvalue weighted by atomic mass is 9.90. The maximum Gasteiger partial charge on any atom is 0.410 e. The maximum absolute atomic E-state index is 14.2. The summed E-state index contributed by atoms with van der Waals surface area (Å²) in [4.78, 5) is 25.6. The van der Waals surface area contributed by atoms with Crippen LogP contribution in [0.25, 0.3) is 0 Å². The minimum atomic E-state index is -0.590. The van der Waals surface area contributed by atoms with E-state index >= 15 is 0 Å². The van der Waals surface area contributed by atoms with Gasteiger partial charge in [-0.05, 0) is 74.5 Å². The van der Waals surface area contributed by atoms with Crippen molar-refractivity contribution in [3.63, 3.8) is 0 Å². The molecule has 1 saturated heterocycles. The molecular weight excluding hydrogens is 431 g/mol. The van der Waals surface area contributed by atoms with Gasteiger partial charge in [0.2, 0.25) is 0 Å². The average molecular weight is 459 g/mol. The normalized spacial score (nSPS) is 16.5. The molecule has 1 heterocycles. The monoisotopic (exact) mass is 458 g/mol. The number of carbonyl (C=O) groups is 2. The average Bonchev–Trinajstić information content (AvgIpc) is 2.63. The van der Waals surface area contributed by atoms with Gasteiger partial charge in [0.1, 0.15) is 11.4 Å². The predicted molar refractivity (Wildman–Crippen MR) is 109 cm³/mol. The van der Waals surface area contributed by atoms with E-state index in [-0.39, 0.29) is 22.2 Å². The van der Waals surface area contributed by atoms with Gasteiger partial charge in [-0.25, -0.2) is 14.0 Å². The number of likely N-dealkylation sites (tertiary alicyclic amines) is 1. The summed E-state index contributed by atoms with van der Waals surface area (Å²) in [6.07, 6.45) is 1.33. The minimum Gasteiger partial charge on any atom is -0.465 e. The van der Waals surface area contributed by atoms with Crippen LogP contribution in [0.4, 0.5) is 14.9 Å². The molecule has 1 N–H and O–H groups in total. The molecule has 1 aromatic carbocycles. The highest BCUT2D eigenvalue weighted by atomic mass is 79.9. The number of benzene rings is 1. The molecule has 1 amide bonds. The molecule has 6 nitrogen and oxygen atoms in total. The lowest BCUT2D eigenvalue weighted by Gasteiger charge is -2.36. The van der Waals surface area contributed by atoms with Crippen LogP contribution in [0.1, 0.15) is 50.9 Å². The summed E-state index contributed by atoms with van der Waals surface area (Å²) in [6, 6.07) is 2.75. The first kappa shape index (κ1) is 22.5. The highest BCUT2D eigenvalue weighted by Crippen LogP contribution is 2.31. The van der Waals surface area contributed by atoms with Crippen molar-refractivity contribution in [3.05, 3.63) is 28.0 Å². The van der Waals surface area contributed by atoms with Crippen LogP contribution in [0.15, 0.2) is 16.6 Å². The number of nitrogens with one attached hydrogen (secondary N) is 1. The standard InChI is InChI=1S/C20H28BrFN2O4/c1-12(13-6-8-24(9-7-13)19(26)28-20(2,3)4)23-16-11-14(18(25)27-5)10-15(22)17(16)21/h10-13,23H,6-9H2,1-5H3/t12-/m0/s1. The Hall–Kier alpha value is -1.83. The zero-order valence-electron chi connectivity index (χ0n) is 17.0. The Morgan fingerprint density at radius 2 is 1.89 bits per heavy atom. The summed E-state index contributed by atoms with van der Waals surface area (Å²) in [5, 5.41) is 3.29. The van der Waals surface area contributed by atoms with E-state index in [9.17, 15) is 14.0 Å². The van der Waals surface area contributed by atoms with Crippen LogP contribution < -0.4 is 5.32 Å². The molecule has 28 heavy (non-hydrogen) atoms. The van der Waals surface area contributed by atoms with Crippen molar-refractivity contribution in [2.75, 3.05) is 25.5 Å². The molecule has 1 fully saturated rings. The molecule has 0 spiro atoms. The molecule has 8 heteroatoms. The summed E-state index contributed by atoms with van der Waals surface area (Å²) in [5.74, 6) is -0.819. The molecular formula is C20H28BrFN2O4. The Labute approximate surface area is 173 Å². The fourth-order valence-corrected chi connectivity index (χ4v) is 3.54. The van der Waals surface area contributed by atoms with Crippen LogP contribution in [0.2, 0.25) is 0 Å². The van der Waals surface area contributed by atoms with Crippen molar-refractivity contribution in [2.45, 2.75) is 52.2 Å². The number of methoxy groups -OCH3 is 1. The molecule has 1 aliphatic rings. The van der Waals surface area contributed by atoms with Crippen molar-refractivity contribution in [1.29, 1.82) is 0 Å². The van der Waals surface area contributed by atoms with Crippen LogP contribution in [0, 0.1) is 11.7 Å². The van der Waals surface area contributed by atoms with Crippen molar-refractivity contribution < 1.29 is 23.5 Å². The quantitative estimate of drug-likeness (QED) is 0.654. The number of hydrogen-bond acceptors (Lipinski definition) is 5. The van der Waals surface area contributed by atoms with E-state index in [1.165, 1.54) is 7.11 Å². The fraction of sp³-hybridized carbons (Fsp3) is 0.600. The van der Waals surface area contributed by atoms with E-state index in [0.717, 1.165) is 18.9 Å². The highest BCUT2D eigenvalue weighted by molar-refractivity contribution is 9.10. The number of amides is 1. The van der Waals surface area contributed by atoms with Crippen LogP contribution in [-0.4, -0.2) is 48.8 Å². The lowest BCUT2D eigenvalue weighted by molar-refractivity contribution is 0.0179. The molecule has 0 bridgehead atoms. The molecule has 1 aliphatic heterocycles. The third-order valence-electron chi connectivity index (χ3n) is 4.73. The van der Waals surface area contributed by atoms with Gasteiger partial charge < -0.3 is 19.7 Å². The molecule has 0 radical (unpaired) electrons. The van der Waals surface area contributed by atoms with Crippen molar-refractivity contribution >= 4 is 33.7 Å². The molecule has 2 rings (SSSR count). The minimum absolute atomic E-state index is 0.0318. The Balaban J connectivity index is 1.99. The second kappa shape index (κ2) is 9.11. The third-order valence-corrected chi connectivity index (χ3v) is 5.54. The van der Waals surface area contributed by atoms with Gasteiger partial charge in [-0.15, -0.1) is 0 Å². The van der Waals surface area contributed by atoms with E-state index < -0.39 is 17.4 Å². The lowest BCUT2D eigenvalue weighted by Crippen LogP contribution is -2.44. The molecule has 0 unspecified atom stereocenters. The highest BCUT2D eigenvalue weighted by Gasteiger charge is 2.29. The van der Waals surface area contributed by atoms with Gasteiger partial charge in [0.15, 0.2) is 0 Å². The number of esters is 1. The van der Waals surface area contributed by atoms with E-state index in [0.29, 0.717) is 24.7 Å². The number of carbonyl (C=O) groups excluding carboxylic acids is 2. The first-order chi connectivity index (χ1) is 13.0. The first-order valence-electron chi connectivity index (χ1n) is 9.33. The number of hydrogen-bond donors (Lipinski definition) is 1. The van der Waals surface area contributed by atoms with Gasteiger partial charge in [0.05, 0.1) is 22.8 Å². The van der Waals surface area contributed by atoms with E-state index in [4.69, 9.17) is 4.74 Å². The van der Waals surface area contributed by atoms with Crippen LogP contribution in [-0.2, 0) is 9.47 Å². The Morgan fingerprint density at radius 1 is 1.29 bits per heavy atom. The van der Waals surface area contributed by atoms with E-state index in [1.54, 1.807) is 11.0 Å². The van der Waals surface area contributed by atoms with Crippen LogP contribution >= 0.6 is 15.9 Å². The number of halogens is 2. The van der Waals surface area contributed by atoms with Gasteiger partial charge in [0.25, 0.3) is 0 Å². The zero-order valence-corrected chi connectivity index (χ0v) is 18.6. The summed E-state index contributed by atoms with van der Waals surface area (Å²) >= 11 is 3.24. The smallest absolute Gasteiger partial charge is 0.410 e. The van der Waals surface area contributed by atoms with Gasteiger partial charge in [-0.3, -0.25) is 0 Å². The molecule has 0 saturated carbocycles. The van der Waals surface area contributed by atoms with Crippen LogP contribution in [0.3, 0.4) is 0 Å². The largest absolute Gasteiger partial charge is 0.465 e. The van der Waals surface area contributed by atoms with Gasteiger partial charge >= 0.3 is 12.1 Å². The van der Waals surface area contributed by atoms with Crippen molar-refractivity contribution in [2.24, 2.45) is 5.92 Å². The fourth-order valence-electron chi connectivity index (χ4n) is 3.20. The second-order valence-corrected chi connectivity index (χ2v) is 8.84. The summed E-state index contributed by atoms with van der Waals surface area (Å²) in [6.45, 7) is 8.80. The molecule has 0 aliphatic carbocycles. The number of rotatable bonds is 4. The molecule has 1 atom stereocenters. The number of ether oxygens (including phenoxy) is 2. The predicted octanol–water partition coefficient (Wildman–Crippen LogP) is 4.82. The second-order valence-electron chi connectivity index (χ2n) is 8.05. The number of nitrogens with zero attached hydrogens (tertiary/aromatic N) is 1. The van der Waals surface area contributed by atoms with Gasteiger partial charge in [-0.1, -0.05) is 0 Å². The number of piperidine rings is 1. The molecule has 1 aromatic rings. The van der Waals surface area contributed by atoms with Crippen molar-refractivity contribution in [1.82, 2.24) is 4.90 Å². The Morgan fingerprint density at radius 3 is 2.43 bits per heavy atom. The Bertz CT molecular complexity index is 728. The van der Waals surface area contributed by atoms with E-state index in [1.807, 2.05) is 27.7 Å². The topological polar surface area (TPSA) is 67.9 Å². The van der Waals surface area contributed by atoms with Gasteiger partial charge in [-0.2, -0.15) is 0 Å². The summed E-state index contributed by atoms with van der Waals surface area (Å²) in [7, 11) is 1.26. The van der Waals surface area contributed by atoms with Gasteiger partial charge in [0, 0.05) is 19.1 Å². The Kier molecular flexibility index (Phi) is 7.31. The number of anilines is 1. The third kappa shape index (κ3) is 5.83. The van der Waals surface area contributed by atoms with E-state index in [2.05, 4.69) is 26.0 Å².